The summed E-state index contributed by atoms with van der Waals surface area (Å²) in [5.41, 5.74) is 6.63. The van der Waals surface area contributed by atoms with E-state index in [9.17, 15) is 9.90 Å². The zero-order valence-electron chi connectivity index (χ0n) is 13.3. The van der Waals surface area contributed by atoms with Crippen LogP contribution in [0.1, 0.15) is 68.3 Å². The summed E-state index contributed by atoms with van der Waals surface area (Å²) in [5, 5.41) is 10.2. The number of pyridine rings is 1. The van der Waals surface area contributed by atoms with Gasteiger partial charge in [0.2, 0.25) is 0 Å². The van der Waals surface area contributed by atoms with Crippen molar-refractivity contribution in [1.29, 1.82) is 0 Å². The summed E-state index contributed by atoms with van der Waals surface area (Å²) in [7, 11) is 0. The number of ketones is 1. The Morgan fingerprint density at radius 2 is 2.09 bits per heavy atom. The highest BCUT2D eigenvalue weighted by Gasteiger charge is 2.21. The van der Waals surface area contributed by atoms with Gasteiger partial charge in [-0.2, -0.15) is 0 Å². The smallest absolute Gasteiger partial charge is 0.181 e. The third-order valence-electron chi connectivity index (χ3n) is 4.68. The number of hydrogen-bond donors (Lipinski definition) is 2. The van der Waals surface area contributed by atoms with Crippen LogP contribution < -0.4 is 5.73 Å². The lowest BCUT2D eigenvalue weighted by Crippen LogP contribution is -2.36. The lowest BCUT2D eigenvalue weighted by molar-refractivity contribution is 0.0943. The monoisotopic (exact) mass is 304 g/mol. The number of aliphatic hydroxyl groups is 1. The Labute approximate surface area is 133 Å². The standard InChI is InChI=1S/C18H28N2O2/c19-15(13-14-7-2-1-3-8-14)17(21)10-6-11-18(22)16-9-4-5-12-20-16/h4-5,9,12,14-15,17,21H,1-3,6-8,10-11,13,19H2/t15-,17-/m0/s1. The van der Waals surface area contributed by atoms with E-state index in [1.165, 1.54) is 32.1 Å². The van der Waals surface area contributed by atoms with Crippen LogP contribution in [0.3, 0.4) is 0 Å². The summed E-state index contributed by atoms with van der Waals surface area (Å²) in [4.78, 5) is 16.0. The molecule has 0 aromatic carbocycles. The summed E-state index contributed by atoms with van der Waals surface area (Å²) < 4.78 is 0. The molecule has 0 spiro atoms. The molecule has 2 rings (SSSR count). The van der Waals surface area contributed by atoms with Crippen molar-refractivity contribution >= 4 is 5.78 Å². The van der Waals surface area contributed by atoms with Crippen molar-refractivity contribution in [3.8, 4) is 0 Å². The van der Waals surface area contributed by atoms with Gasteiger partial charge >= 0.3 is 0 Å². The van der Waals surface area contributed by atoms with Gasteiger partial charge in [-0.25, -0.2) is 0 Å². The Morgan fingerprint density at radius 1 is 1.32 bits per heavy atom. The van der Waals surface area contributed by atoms with Crippen LogP contribution in [0.2, 0.25) is 0 Å². The molecule has 0 unspecified atom stereocenters. The van der Waals surface area contributed by atoms with E-state index in [2.05, 4.69) is 4.98 Å². The van der Waals surface area contributed by atoms with Gasteiger partial charge in [0.15, 0.2) is 5.78 Å². The van der Waals surface area contributed by atoms with Crippen LogP contribution in [-0.2, 0) is 0 Å². The fourth-order valence-corrected chi connectivity index (χ4v) is 3.31. The van der Waals surface area contributed by atoms with Crippen LogP contribution in [0.25, 0.3) is 0 Å². The SMILES string of the molecule is N[C@@H](CC1CCCCC1)[C@@H](O)CCCC(=O)c1ccccn1. The zero-order valence-corrected chi connectivity index (χ0v) is 13.3. The fourth-order valence-electron chi connectivity index (χ4n) is 3.31. The van der Waals surface area contributed by atoms with Crippen molar-refractivity contribution in [2.75, 3.05) is 0 Å². The van der Waals surface area contributed by atoms with Gasteiger partial charge in [-0.1, -0.05) is 38.2 Å². The van der Waals surface area contributed by atoms with Gasteiger partial charge in [-0.15, -0.1) is 0 Å². The Balaban J connectivity index is 1.66. The predicted octanol–water partition coefficient (Wildman–Crippen LogP) is 3.09. The van der Waals surface area contributed by atoms with Crippen molar-refractivity contribution in [2.24, 2.45) is 11.7 Å². The molecule has 1 aliphatic rings. The number of carbonyl (C=O) groups is 1. The molecule has 3 N–H and O–H groups in total. The molecule has 122 valence electrons. The number of nitrogens with two attached hydrogens (primary N) is 1. The largest absolute Gasteiger partial charge is 0.392 e. The summed E-state index contributed by atoms with van der Waals surface area (Å²) in [6.45, 7) is 0. The van der Waals surface area contributed by atoms with E-state index in [0.29, 0.717) is 30.9 Å². The molecule has 0 radical (unpaired) electrons. The lowest BCUT2D eigenvalue weighted by Gasteiger charge is -2.27. The summed E-state index contributed by atoms with van der Waals surface area (Å²) >= 11 is 0. The van der Waals surface area contributed by atoms with Crippen molar-refractivity contribution in [3.63, 3.8) is 0 Å². The predicted molar refractivity (Wildman–Crippen MR) is 87.6 cm³/mol. The summed E-state index contributed by atoms with van der Waals surface area (Å²) in [5.74, 6) is 0.710. The summed E-state index contributed by atoms with van der Waals surface area (Å²) in [6, 6.07) is 5.18. The van der Waals surface area contributed by atoms with Gasteiger partial charge < -0.3 is 10.8 Å². The second kappa shape index (κ2) is 9.01. The molecule has 4 nitrogen and oxygen atoms in total. The minimum atomic E-state index is -0.501. The Morgan fingerprint density at radius 3 is 2.77 bits per heavy atom. The highest BCUT2D eigenvalue weighted by molar-refractivity contribution is 5.94. The number of aromatic nitrogens is 1. The minimum Gasteiger partial charge on any atom is -0.392 e. The molecule has 1 heterocycles. The normalized spacial score (nSPS) is 18.8. The Hall–Kier alpha value is -1.26. The van der Waals surface area contributed by atoms with E-state index in [0.717, 1.165) is 6.42 Å². The Kier molecular flexibility index (Phi) is 7.00. The molecular formula is C18H28N2O2. The van der Waals surface area contributed by atoms with Gasteiger partial charge in [-0.3, -0.25) is 9.78 Å². The number of nitrogens with zero attached hydrogens (tertiary/aromatic N) is 1. The molecule has 1 fully saturated rings. The van der Waals surface area contributed by atoms with E-state index in [-0.39, 0.29) is 11.8 Å². The van der Waals surface area contributed by atoms with E-state index in [1.54, 1.807) is 18.3 Å². The van der Waals surface area contributed by atoms with Crippen LogP contribution in [0.4, 0.5) is 0 Å². The van der Waals surface area contributed by atoms with Gasteiger partial charge in [0.25, 0.3) is 0 Å². The number of carbonyl (C=O) groups excluding carboxylic acids is 1. The maximum Gasteiger partial charge on any atom is 0.181 e. The van der Waals surface area contributed by atoms with Gasteiger partial charge in [0, 0.05) is 18.7 Å². The highest BCUT2D eigenvalue weighted by atomic mass is 16.3. The van der Waals surface area contributed by atoms with E-state index in [1.807, 2.05) is 6.07 Å². The maximum absolute atomic E-state index is 11.9. The molecule has 0 saturated heterocycles. The lowest BCUT2D eigenvalue weighted by atomic mass is 9.83. The molecule has 0 amide bonds. The van der Waals surface area contributed by atoms with Crippen LogP contribution in [0, 0.1) is 5.92 Å². The molecule has 1 aromatic heterocycles. The van der Waals surface area contributed by atoms with Crippen molar-refractivity contribution in [2.45, 2.75) is 69.9 Å². The third-order valence-corrected chi connectivity index (χ3v) is 4.68. The molecule has 0 bridgehead atoms. The first-order valence-corrected chi connectivity index (χ1v) is 8.54. The number of rotatable bonds is 8. The molecule has 22 heavy (non-hydrogen) atoms. The molecule has 2 atom stereocenters. The molecule has 1 saturated carbocycles. The third kappa shape index (κ3) is 5.50. The van der Waals surface area contributed by atoms with E-state index in [4.69, 9.17) is 5.73 Å². The Bertz CT molecular complexity index is 444. The van der Waals surface area contributed by atoms with Crippen LogP contribution in [-0.4, -0.2) is 28.0 Å². The fraction of sp³-hybridized carbons (Fsp3) is 0.667. The minimum absolute atomic E-state index is 0.0358. The van der Waals surface area contributed by atoms with Gasteiger partial charge in [-0.05, 0) is 37.3 Å². The van der Waals surface area contributed by atoms with E-state index < -0.39 is 6.10 Å². The molecular weight excluding hydrogens is 276 g/mol. The van der Waals surface area contributed by atoms with Crippen LogP contribution in [0.15, 0.2) is 24.4 Å². The quantitative estimate of drug-likeness (QED) is 0.724. The van der Waals surface area contributed by atoms with Crippen LogP contribution >= 0.6 is 0 Å². The molecule has 1 aromatic rings. The van der Waals surface area contributed by atoms with Crippen molar-refractivity contribution < 1.29 is 9.90 Å². The first-order chi connectivity index (χ1) is 10.7. The molecule has 4 heteroatoms. The summed E-state index contributed by atoms with van der Waals surface area (Å²) in [6.07, 6.45) is 10.1. The average Bonchev–Trinajstić information content (AvgIpc) is 2.56. The van der Waals surface area contributed by atoms with Crippen LogP contribution in [0.5, 0.6) is 0 Å². The van der Waals surface area contributed by atoms with Gasteiger partial charge in [0.05, 0.1) is 6.10 Å². The van der Waals surface area contributed by atoms with Crippen molar-refractivity contribution in [3.05, 3.63) is 30.1 Å². The first-order valence-electron chi connectivity index (χ1n) is 8.54. The second-order valence-corrected chi connectivity index (χ2v) is 6.50. The molecule has 1 aliphatic carbocycles. The highest BCUT2D eigenvalue weighted by Crippen LogP contribution is 2.28. The van der Waals surface area contributed by atoms with Crippen molar-refractivity contribution in [1.82, 2.24) is 4.98 Å². The average molecular weight is 304 g/mol. The molecule has 0 aliphatic heterocycles. The zero-order chi connectivity index (χ0) is 15.8. The number of hydrogen-bond acceptors (Lipinski definition) is 4. The first kappa shape index (κ1) is 17.1. The van der Waals surface area contributed by atoms with E-state index >= 15 is 0 Å². The topological polar surface area (TPSA) is 76.2 Å². The second-order valence-electron chi connectivity index (χ2n) is 6.50. The number of Topliss-reactive ketones (excluding diaryl/α,β-unsaturated/α-hetero) is 1. The maximum atomic E-state index is 11.9. The van der Waals surface area contributed by atoms with Gasteiger partial charge in [0.1, 0.15) is 5.69 Å². The number of aliphatic hydroxyl groups excluding tert-OH is 1.